The molecule has 4 heteroatoms. The van der Waals surface area contributed by atoms with Crippen LogP contribution in [0.2, 0.25) is 0 Å². The molecule has 0 aromatic heterocycles. The monoisotopic (exact) mass is 344 g/mol. The Hall–Kier alpha value is -1.94. The minimum absolute atomic E-state index is 0.118. The van der Waals surface area contributed by atoms with Gasteiger partial charge in [-0.15, -0.1) is 0 Å². The number of nitrogens with one attached hydrogen (secondary N) is 2. The summed E-state index contributed by atoms with van der Waals surface area (Å²) in [6.45, 7) is 9.27. The molecular formula is C20H25FN2S. The Morgan fingerprint density at radius 3 is 2.17 bits per heavy atom. The molecule has 0 aliphatic heterocycles. The van der Waals surface area contributed by atoms with Crippen LogP contribution in [0.4, 0.5) is 4.39 Å². The van der Waals surface area contributed by atoms with E-state index < -0.39 is 0 Å². The number of halogens is 1. The molecule has 0 radical (unpaired) electrons. The zero-order valence-corrected chi connectivity index (χ0v) is 15.5. The first kappa shape index (κ1) is 18.4. The van der Waals surface area contributed by atoms with E-state index in [1.165, 1.54) is 23.3 Å². The van der Waals surface area contributed by atoms with Crippen LogP contribution in [0.1, 0.15) is 50.4 Å². The van der Waals surface area contributed by atoms with Crippen LogP contribution in [-0.4, -0.2) is 5.11 Å². The first-order chi connectivity index (χ1) is 11.3. The van der Waals surface area contributed by atoms with E-state index in [0.717, 1.165) is 5.56 Å². The number of rotatable bonds is 4. The molecule has 0 saturated carbocycles. The van der Waals surface area contributed by atoms with Gasteiger partial charge in [0.2, 0.25) is 0 Å². The maximum Gasteiger partial charge on any atom is 0.167 e. The Morgan fingerprint density at radius 2 is 1.62 bits per heavy atom. The van der Waals surface area contributed by atoms with Crippen molar-refractivity contribution in [3.63, 3.8) is 0 Å². The van der Waals surface area contributed by atoms with E-state index in [1.54, 1.807) is 12.1 Å². The zero-order valence-electron chi connectivity index (χ0n) is 14.7. The lowest BCUT2D eigenvalue weighted by atomic mass is 9.86. The fraction of sp³-hybridized carbons (Fsp3) is 0.350. The summed E-state index contributed by atoms with van der Waals surface area (Å²) in [5, 5.41) is 7.02. The van der Waals surface area contributed by atoms with Crippen LogP contribution in [0, 0.1) is 5.82 Å². The fourth-order valence-corrected chi connectivity index (χ4v) is 2.64. The van der Waals surface area contributed by atoms with E-state index in [4.69, 9.17) is 12.2 Å². The summed E-state index contributed by atoms with van der Waals surface area (Å²) in [4.78, 5) is 0. The molecule has 2 rings (SSSR count). The predicted molar refractivity (Wildman–Crippen MR) is 103 cm³/mol. The lowest BCUT2D eigenvalue weighted by Gasteiger charge is -2.21. The van der Waals surface area contributed by atoms with Crippen LogP contribution < -0.4 is 10.6 Å². The normalized spacial score (nSPS) is 12.5. The number of thiocarbonyl (C=S) groups is 1. The van der Waals surface area contributed by atoms with Crippen LogP contribution >= 0.6 is 12.2 Å². The van der Waals surface area contributed by atoms with Crippen molar-refractivity contribution >= 4 is 17.3 Å². The Kier molecular flexibility index (Phi) is 5.94. The predicted octanol–water partition coefficient (Wildman–Crippen LogP) is 4.85. The second-order valence-electron chi connectivity index (χ2n) is 7.05. The lowest BCUT2D eigenvalue weighted by Crippen LogP contribution is -2.36. The van der Waals surface area contributed by atoms with Crippen LogP contribution in [0.15, 0.2) is 48.5 Å². The van der Waals surface area contributed by atoms with Crippen molar-refractivity contribution in [2.45, 2.75) is 45.7 Å². The van der Waals surface area contributed by atoms with Gasteiger partial charge < -0.3 is 10.6 Å². The van der Waals surface area contributed by atoms with E-state index in [-0.39, 0.29) is 17.3 Å². The molecule has 2 N–H and O–H groups in total. The maximum absolute atomic E-state index is 12.9. The highest BCUT2D eigenvalue weighted by atomic mass is 32.1. The van der Waals surface area contributed by atoms with Gasteiger partial charge >= 0.3 is 0 Å². The van der Waals surface area contributed by atoms with Gasteiger partial charge in [-0.05, 0) is 53.4 Å². The molecule has 0 amide bonds. The Labute approximate surface area is 149 Å². The summed E-state index contributed by atoms with van der Waals surface area (Å²) in [5.41, 5.74) is 3.65. The van der Waals surface area contributed by atoms with Crippen molar-refractivity contribution in [3.8, 4) is 0 Å². The van der Waals surface area contributed by atoms with Gasteiger partial charge in [-0.1, -0.05) is 57.2 Å². The van der Waals surface area contributed by atoms with Crippen molar-refractivity contribution in [2.75, 3.05) is 0 Å². The number of hydrogen-bond acceptors (Lipinski definition) is 1. The average molecular weight is 344 g/mol. The summed E-state index contributed by atoms with van der Waals surface area (Å²) < 4.78 is 12.9. The van der Waals surface area contributed by atoms with Gasteiger partial charge in [-0.3, -0.25) is 0 Å². The van der Waals surface area contributed by atoms with Crippen LogP contribution in [0.25, 0.3) is 0 Å². The van der Waals surface area contributed by atoms with E-state index in [9.17, 15) is 4.39 Å². The molecule has 128 valence electrons. The molecule has 24 heavy (non-hydrogen) atoms. The molecule has 0 spiro atoms. The minimum atomic E-state index is -0.230. The highest BCUT2D eigenvalue weighted by molar-refractivity contribution is 7.80. The molecule has 2 aromatic carbocycles. The topological polar surface area (TPSA) is 24.1 Å². The van der Waals surface area contributed by atoms with Crippen molar-refractivity contribution in [3.05, 3.63) is 71.0 Å². The summed E-state index contributed by atoms with van der Waals surface area (Å²) in [6.07, 6.45) is 0. The Morgan fingerprint density at radius 1 is 1.04 bits per heavy atom. The molecule has 0 aliphatic rings. The molecule has 1 unspecified atom stereocenters. The van der Waals surface area contributed by atoms with Crippen LogP contribution in [0.5, 0.6) is 0 Å². The van der Waals surface area contributed by atoms with Crippen LogP contribution in [0.3, 0.4) is 0 Å². The van der Waals surface area contributed by atoms with Gasteiger partial charge in [0.25, 0.3) is 0 Å². The van der Waals surface area contributed by atoms with Gasteiger partial charge in [0.05, 0.1) is 6.04 Å². The molecule has 2 nitrogen and oxygen atoms in total. The quantitative estimate of drug-likeness (QED) is 0.776. The van der Waals surface area contributed by atoms with Gasteiger partial charge in [-0.25, -0.2) is 4.39 Å². The summed E-state index contributed by atoms with van der Waals surface area (Å²) in [5.74, 6) is -0.230. The van der Waals surface area contributed by atoms with E-state index in [2.05, 4.69) is 62.6 Å². The van der Waals surface area contributed by atoms with E-state index in [1.807, 2.05) is 0 Å². The highest BCUT2D eigenvalue weighted by Crippen LogP contribution is 2.23. The van der Waals surface area contributed by atoms with Gasteiger partial charge in [0.1, 0.15) is 5.82 Å². The Bertz CT molecular complexity index is 672. The average Bonchev–Trinajstić information content (AvgIpc) is 2.53. The van der Waals surface area contributed by atoms with Gasteiger partial charge in [-0.2, -0.15) is 0 Å². The zero-order chi connectivity index (χ0) is 17.7. The van der Waals surface area contributed by atoms with Crippen LogP contribution in [-0.2, 0) is 12.0 Å². The SMILES string of the molecule is CC(NC(=S)NCc1ccc(F)cc1)c1ccc(C(C)(C)C)cc1. The molecular weight excluding hydrogens is 319 g/mol. The van der Waals surface area contributed by atoms with E-state index >= 15 is 0 Å². The lowest BCUT2D eigenvalue weighted by molar-refractivity contribution is 0.589. The third-order valence-corrected chi connectivity index (χ3v) is 4.25. The molecule has 0 aliphatic carbocycles. The first-order valence-corrected chi connectivity index (χ1v) is 8.56. The third-order valence-electron chi connectivity index (χ3n) is 3.99. The highest BCUT2D eigenvalue weighted by Gasteiger charge is 2.14. The standard InChI is InChI=1S/C20H25FN2S/c1-14(16-7-9-17(10-8-16)20(2,3)4)23-19(24)22-13-15-5-11-18(21)12-6-15/h5-12,14H,13H2,1-4H3,(H2,22,23,24). The molecule has 0 heterocycles. The second kappa shape index (κ2) is 7.75. The largest absolute Gasteiger partial charge is 0.359 e. The number of hydrogen-bond donors (Lipinski definition) is 2. The van der Waals surface area contributed by atoms with Crippen molar-refractivity contribution in [1.82, 2.24) is 10.6 Å². The van der Waals surface area contributed by atoms with E-state index in [0.29, 0.717) is 11.7 Å². The molecule has 0 saturated heterocycles. The third kappa shape index (κ3) is 5.31. The van der Waals surface area contributed by atoms with Gasteiger partial charge in [0.15, 0.2) is 5.11 Å². The first-order valence-electron chi connectivity index (χ1n) is 8.15. The van der Waals surface area contributed by atoms with Crippen molar-refractivity contribution < 1.29 is 4.39 Å². The summed E-state index contributed by atoms with van der Waals surface area (Å²) >= 11 is 5.34. The Balaban J connectivity index is 1.88. The fourth-order valence-electron chi connectivity index (χ4n) is 2.39. The maximum atomic E-state index is 12.9. The molecule has 1 atom stereocenters. The molecule has 0 fully saturated rings. The molecule has 2 aromatic rings. The second-order valence-corrected chi connectivity index (χ2v) is 7.46. The smallest absolute Gasteiger partial charge is 0.167 e. The summed E-state index contributed by atoms with van der Waals surface area (Å²) in [7, 11) is 0. The minimum Gasteiger partial charge on any atom is -0.359 e. The van der Waals surface area contributed by atoms with Gasteiger partial charge in [0, 0.05) is 6.54 Å². The van der Waals surface area contributed by atoms with Crippen molar-refractivity contribution in [2.24, 2.45) is 0 Å². The van der Waals surface area contributed by atoms with Crippen molar-refractivity contribution in [1.29, 1.82) is 0 Å². The summed E-state index contributed by atoms with van der Waals surface area (Å²) in [6, 6.07) is 15.1. The number of benzene rings is 2. The molecule has 0 bridgehead atoms.